The number of thioether (sulfide) groups is 1. The summed E-state index contributed by atoms with van der Waals surface area (Å²) in [5, 5.41) is 8.07. The Morgan fingerprint density at radius 3 is 1.60 bits per heavy atom. The minimum Gasteiger partial charge on any atom is -0.796 e. The normalized spacial score (nSPS) is 14.1. The topological polar surface area (TPSA) is 91.9 Å². The van der Waals surface area contributed by atoms with Crippen LogP contribution in [-0.2, 0) is 52.5 Å². The van der Waals surface area contributed by atoms with Gasteiger partial charge in [0, 0.05) is 36.5 Å². The first kappa shape index (κ1) is 50.4. The largest absolute Gasteiger partial charge is 1.00 e. The fourth-order valence-electron chi connectivity index (χ4n) is 3.65. The third-order valence-electron chi connectivity index (χ3n) is 6.14. The molecule has 0 bridgehead atoms. The second kappa shape index (κ2) is 23.0. The van der Waals surface area contributed by atoms with Crippen molar-refractivity contribution in [2.75, 3.05) is 18.8 Å². The van der Waals surface area contributed by atoms with Crippen molar-refractivity contribution in [3.63, 3.8) is 0 Å². The zero-order chi connectivity index (χ0) is 36.8. The predicted octanol–water partition coefficient (Wildman–Crippen LogP) is 7.13. The van der Waals surface area contributed by atoms with Gasteiger partial charge in [0.25, 0.3) is 0 Å². The Morgan fingerprint density at radius 1 is 0.880 bits per heavy atom. The summed E-state index contributed by atoms with van der Waals surface area (Å²) in [6.07, 6.45) is -0.806. The molecule has 3 aromatic rings. The molecule has 3 aromatic heterocycles. The summed E-state index contributed by atoms with van der Waals surface area (Å²) in [5.41, 5.74) is -0.906. The molecule has 1 aliphatic carbocycles. The van der Waals surface area contributed by atoms with Crippen LogP contribution in [0.15, 0.2) is 59.4 Å². The van der Waals surface area contributed by atoms with Crippen molar-refractivity contribution in [2.24, 2.45) is 10.3 Å². The average Bonchev–Trinajstić information content (AvgIpc) is 3.85. The summed E-state index contributed by atoms with van der Waals surface area (Å²) in [7, 11) is -2.84. The zero-order valence-electron chi connectivity index (χ0n) is 26.5. The number of hydrogen-bond donors (Lipinski definition) is 0. The SMILES string of the molecule is C.CS(=O)(=NC#N)C(CC1CC1)c1ccc(C(F)(F)F)nc1.CSCc1ccc(C(F)(F)F)nc1.C[S-].FC(F)(F)c1ccc(CCl)cn1.[Na+]. The van der Waals surface area contributed by atoms with Gasteiger partial charge in [-0.05, 0) is 53.5 Å². The first-order chi connectivity index (χ1) is 22.3. The summed E-state index contributed by atoms with van der Waals surface area (Å²) in [6.45, 7) is 0. The van der Waals surface area contributed by atoms with Crippen molar-refractivity contribution in [1.82, 2.24) is 15.0 Å². The molecular formula is C30H34ClF9N5NaOS3. The fourth-order valence-corrected chi connectivity index (χ4v) is 5.87. The predicted molar refractivity (Wildman–Crippen MR) is 177 cm³/mol. The van der Waals surface area contributed by atoms with E-state index in [0.29, 0.717) is 29.2 Å². The maximum Gasteiger partial charge on any atom is 1.00 e. The van der Waals surface area contributed by atoms with Gasteiger partial charge in [0.05, 0.1) is 15.0 Å². The number of nitriles is 1. The number of rotatable bonds is 7. The second-order valence-electron chi connectivity index (χ2n) is 9.86. The molecule has 3 heterocycles. The van der Waals surface area contributed by atoms with Crippen LogP contribution in [0.5, 0.6) is 0 Å². The standard InChI is InChI=1S/C13H14F3N3OS.C8H8F3NS.C7H5ClF3N.CH4S.CH4.Na/c1-21(20,19-8-17)11(6-9-2-3-9)10-4-5-12(18-7-10)13(14,15)16;1-13-5-6-2-3-7(12-4-6)8(9,10)11;8-3-5-1-2-6(12-4-5)7(9,10)11;1-2;;/h4-5,7,9,11H,2-3,6H2,1H3;2-4H,5H2,1H3;1-2,4H,3H2;2H,1H3;1H4;/q;;;;;+1/p-1. The van der Waals surface area contributed by atoms with E-state index in [2.05, 4.69) is 31.9 Å². The van der Waals surface area contributed by atoms with Gasteiger partial charge in [-0.2, -0.15) is 62.8 Å². The molecule has 1 saturated carbocycles. The van der Waals surface area contributed by atoms with Crippen molar-refractivity contribution in [2.45, 2.75) is 62.1 Å². The van der Waals surface area contributed by atoms with Crippen LogP contribution < -0.4 is 29.6 Å². The molecule has 2 unspecified atom stereocenters. The van der Waals surface area contributed by atoms with E-state index in [1.54, 1.807) is 18.0 Å². The molecule has 2 atom stereocenters. The summed E-state index contributed by atoms with van der Waals surface area (Å²) < 4.78 is 125. The molecule has 0 amide bonds. The van der Waals surface area contributed by atoms with E-state index >= 15 is 0 Å². The molecule has 0 radical (unpaired) electrons. The van der Waals surface area contributed by atoms with Crippen LogP contribution in [-0.4, -0.2) is 37.9 Å². The Balaban J connectivity index is 0. The van der Waals surface area contributed by atoms with Crippen molar-refractivity contribution in [1.29, 1.82) is 5.26 Å². The molecular weight excluding hydrogens is 772 g/mol. The van der Waals surface area contributed by atoms with Crippen LogP contribution in [0.3, 0.4) is 0 Å². The van der Waals surface area contributed by atoms with Gasteiger partial charge in [-0.25, -0.2) is 4.21 Å². The first-order valence-corrected chi connectivity index (χ1v) is 18.2. The van der Waals surface area contributed by atoms with Gasteiger partial charge in [-0.3, -0.25) is 15.0 Å². The molecule has 0 aliphatic heterocycles. The fraction of sp³-hybridized carbons (Fsp3) is 0.467. The van der Waals surface area contributed by atoms with Gasteiger partial charge in [-0.15, -0.1) is 16.0 Å². The summed E-state index contributed by atoms with van der Waals surface area (Å²) in [6, 6.07) is 6.83. The molecule has 274 valence electrons. The van der Waals surface area contributed by atoms with Crippen LogP contribution in [0.2, 0.25) is 0 Å². The van der Waals surface area contributed by atoms with E-state index in [1.165, 1.54) is 36.8 Å². The molecule has 20 heteroatoms. The summed E-state index contributed by atoms with van der Waals surface area (Å²) in [5.74, 6) is 1.25. The maximum absolute atomic E-state index is 12.5. The summed E-state index contributed by atoms with van der Waals surface area (Å²) in [4.78, 5) is 9.94. The summed E-state index contributed by atoms with van der Waals surface area (Å²) >= 11 is 11.0. The number of aromatic nitrogens is 3. The number of alkyl halides is 10. The Morgan fingerprint density at radius 2 is 1.30 bits per heavy atom. The van der Waals surface area contributed by atoms with E-state index in [-0.39, 0.29) is 42.9 Å². The number of halogens is 10. The molecule has 1 fully saturated rings. The number of nitrogens with zero attached hydrogens (tertiary/aromatic N) is 5. The van der Waals surface area contributed by atoms with E-state index in [0.717, 1.165) is 49.0 Å². The van der Waals surface area contributed by atoms with Crippen LogP contribution >= 0.6 is 23.4 Å². The molecule has 1 aliphatic rings. The van der Waals surface area contributed by atoms with Crippen molar-refractivity contribution in [3.05, 3.63) is 88.8 Å². The zero-order valence-corrected chi connectivity index (χ0v) is 31.7. The van der Waals surface area contributed by atoms with Crippen LogP contribution in [0.4, 0.5) is 39.5 Å². The van der Waals surface area contributed by atoms with Crippen LogP contribution in [0, 0.1) is 17.4 Å². The molecule has 0 N–H and O–H groups in total. The van der Waals surface area contributed by atoms with Gasteiger partial charge >= 0.3 is 48.1 Å². The Kier molecular flexibility index (Phi) is 23.2. The quantitative estimate of drug-likeness (QED) is 0.0826. The number of hydrogen-bond acceptors (Lipinski definition) is 8. The first-order valence-electron chi connectivity index (χ1n) is 13.4. The molecule has 0 aromatic carbocycles. The molecule has 4 rings (SSSR count). The molecule has 0 spiro atoms. The molecule has 6 nitrogen and oxygen atoms in total. The molecule has 0 saturated heterocycles. The minimum atomic E-state index is -4.50. The minimum absolute atomic E-state index is 0. The molecule has 50 heavy (non-hydrogen) atoms. The van der Waals surface area contributed by atoms with Crippen molar-refractivity contribution < 1.29 is 73.3 Å². The van der Waals surface area contributed by atoms with E-state index in [9.17, 15) is 43.7 Å². The van der Waals surface area contributed by atoms with Gasteiger partial charge in [0.15, 0.2) is 0 Å². The Labute approximate surface area is 323 Å². The van der Waals surface area contributed by atoms with Crippen LogP contribution in [0.1, 0.15) is 65.7 Å². The smallest absolute Gasteiger partial charge is 0.796 e. The van der Waals surface area contributed by atoms with Gasteiger partial charge in [0.2, 0.25) is 6.19 Å². The van der Waals surface area contributed by atoms with Gasteiger partial charge in [-0.1, -0.05) is 38.5 Å². The Hall–Kier alpha value is -1.75. The third-order valence-corrected chi connectivity index (χ3v) is 9.03. The van der Waals surface area contributed by atoms with E-state index in [4.69, 9.17) is 16.9 Å². The monoisotopic (exact) mass is 805 g/mol. The third kappa shape index (κ3) is 18.1. The average molecular weight is 806 g/mol. The number of pyridine rings is 3. The van der Waals surface area contributed by atoms with E-state index in [1.807, 2.05) is 6.26 Å². The van der Waals surface area contributed by atoms with Crippen molar-refractivity contribution >= 4 is 45.7 Å². The van der Waals surface area contributed by atoms with Gasteiger partial charge in [0.1, 0.15) is 17.1 Å². The van der Waals surface area contributed by atoms with Crippen LogP contribution in [0.25, 0.3) is 0 Å². The van der Waals surface area contributed by atoms with E-state index < -0.39 is 50.6 Å². The Bertz CT molecular complexity index is 1560. The maximum atomic E-state index is 12.5. The van der Waals surface area contributed by atoms with Gasteiger partial charge < -0.3 is 12.6 Å². The van der Waals surface area contributed by atoms with Crippen molar-refractivity contribution in [3.8, 4) is 6.19 Å². The second-order valence-corrected chi connectivity index (χ2v) is 13.5.